The maximum Gasteiger partial charge on any atom is 0.323 e. The lowest BCUT2D eigenvalue weighted by Gasteiger charge is -2.38. The van der Waals surface area contributed by atoms with E-state index in [0.29, 0.717) is 38.6 Å². The van der Waals surface area contributed by atoms with Crippen LogP contribution >= 0.6 is 0 Å². The Morgan fingerprint density at radius 2 is 1.34 bits per heavy atom. The van der Waals surface area contributed by atoms with Crippen molar-refractivity contribution in [3.05, 3.63) is 71.3 Å². The predicted molar refractivity (Wildman–Crippen MR) is 189 cm³/mol. The van der Waals surface area contributed by atoms with Gasteiger partial charge in [0.25, 0.3) is 0 Å². The maximum atomic E-state index is 14.0. The number of fused-ring (bicyclic) bond motifs is 1. The molecule has 50 heavy (non-hydrogen) atoms. The van der Waals surface area contributed by atoms with Crippen molar-refractivity contribution in [2.45, 2.75) is 101 Å². The van der Waals surface area contributed by atoms with Gasteiger partial charge in [0.05, 0.1) is 0 Å². The summed E-state index contributed by atoms with van der Waals surface area (Å²) in [4.78, 5) is 68.5. The molecule has 272 valence electrons. The smallest absolute Gasteiger partial charge is 0.323 e. The van der Waals surface area contributed by atoms with Crippen LogP contribution in [0.5, 0.6) is 0 Å². The van der Waals surface area contributed by atoms with E-state index in [-0.39, 0.29) is 50.6 Å². The molecule has 1 aliphatic heterocycles. The van der Waals surface area contributed by atoms with Crippen molar-refractivity contribution >= 4 is 29.6 Å². The molecular formula is C37H53N7O6. The maximum absolute atomic E-state index is 14.0. The topological polar surface area (TPSA) is 223 Å². The highest BCUT2D eigenvalue weighted by molar-refractivity contribution is 5.96. The Labute approximate surface area is 294 Å². The molecule has 0 aromatic heterocycles. The first-order valence-corrected chi connectivity index (χ1v) is 17.6. The normalized spacial score (nSPS) is 18.0. The van der Waals surface area contributed by atoms with Crippen molar-refractivity contribution < 1.29 is 29.1 Å². The van der Waals surface area contributed by atoms with Crippen LogP contribution < -0.4 is 33.2 Å². The Hall–Kier alpha value is -4.33. The highest BCUT2D eigenvalue weighted by atomic mass is 16.4. The van der Waals surface area contributed by atoms with Gasteiger partial charge >= 0.3 is 5.97 Å². The minimum atomic E-state index is -1.40. The van der Waals surface area contributed by atoms with Crippen LogP contribution in [0.25, 0.3) is 0 Å². The number of carboxylic acids is 1. The Morgan fingerprint density at radius 1 is 0.780 bits per heavy atom. The zero-order chi connectivity index (χ0) is 36.5. The van der Waals surface area contributed by atoms with Gasteiger partial charge in [-0.15, -0.1) is 0 Å². The minimum absolute atomic E-state index is 0.000277. The second-order valence-corrected chi connectivity index (χ2v) is 14.3. The lowest BCUT2D eigenvalue weighted by Crippen LogP contribution is -2.62. The number of carbonyl (C=O) groups excluding carboxylic acids is 4. The van der Waals surface area contributed by atoms with Crippen molar-refractivity contribution in [3.63, 3.8) is 0 Å². The number of amides is 4. The second kappa shape index (κ2) is 17.1. The van der Waals surface area contributed by atoms with E-state index in [2.05, 4.69) is 16.0 Å². The van der Waals surface area contributed by atoms with Crippen LogP contribution in [0.3, 0.4) is 0 Å². The van der Waals surface area contributed by atoms with Crippen molar-refractivity contribution in [1.82, 2.24) is 20.9 Å². The van der Waals surface area contributed by atoms with Crippen molar-refractivity contribution in [3.8, 4) is 0 Å². The number of carbonyl (C=O) groups is 5. The number of nitrogens with one attached hydrogen (secondary N) is 3. The van der Waals surface area contributed by atoms with E-state index in [1.165, 1.54) is 4.90 Å². The van der Waals surface area contributed by atoms with E-state index in [1.54, 1.807) is 0 Å². The molecule has 3 atom stereocenters. The molecule has 1 heterocycles. The van der Waals surface area contributed by atoms with Gasteiger partial charge < -0.3 is 43.2 Å². The summed E-state index contributed by atoms with van der Waals surface area (Å²) in [6.07, 6.45) is 2.86. The summed E-state index contributed by atoms with van der Waals surface area (Å²) < 4.78 is 0. The van der Waals surface area contributed by atoms with E-state index < -0.39 is 52.9 Å². The average molecular weight is 692 g/mol. The molecule has 4 amide bonds. The molecule has 2 aromatic rings. The lowest BCUT2D eigenvalue weighted by atomic mass is 9.88. The fraction of sp³-hybridized carbons (Fsp3) is 0.541. The molecule has 0 spiro atoms. The predicted octanol–water partition coefficient (Wildman–Crippen LogP) is 0.759. The summed E-state index contributed by atoms with van der Waals surface area (Å²) in [5, 5.41) is 18.2. The number of carboxylic acid groups (broad SMARTS) is 1. The van der Waals surface area contributed by atoms with Crippen LogP contribution in [-0.2, 0) is 43.2 Å². The zero-order valence-corrected chi connectivity index (χ0v) is 29.2. The van der Waals surface area contributed by atoms with Crippen LogP contribution in [0.4, 0.5) is 0 Å². The molecule has 1 fully saturated rings. The number of likely N-dealkylation sites (tertiary alicyclic amines) is 1. The van der Waals surface area contributed by atoms with Gasteiger partial charge in [-0.05, 0) is 80.5 Å². The number of rotatable bonds is 16. The van der Waals surface area contributed by atoms with Crippen LogP contribution in [0.1, 0.15) is 69.1 Å². The second-order valence-electron chi connectivity index (χ2n) is 14.3. The SMILES string of the molecule is CC(C)CC(NC(=O)[C@@H](Cc1ccccc1)NC(=O)C1(N)Cc2ccccc2C1)C(=O)N[C@H](CCCCN)C(=O)N1CCC(N)(C(=O)O)CC1. The molecule has 1 aliphatic carbocycles. The first kappa shape index (κ1) is 38.5. The molecule has 13 heteroatoms. The molecular weight excluding hydrogens is 638 g/mol. The van der Waals surface area contributed by atoms with Crippen LogP contribution in [0.15, 0.2) is 54.6 Å². The Kier molecular flexibility index (Phi) is 13.1. The largest absolute Gasteiger partial charge is 0.480 e. The lowest BCUT2D eigenvalue weighted by molar-refractivity contribution is -0.148. The molecule has 1 saturated heterocycles. The van der Waals surface area contributed by atoms with Crippen molar-refractivity contribution in [2.24, 2.45) is 23.1 Å². The van der Waals surface area contributed by atoms with Gasteiger partial charge in [-0.3, -0.25) is 24.0 Å². The van der Waals surface area contributed by atoms with Gasteiger partial charge in [0, 0.05) is 19.5 Å². The molecule has 1 unspecified atom stereocenters. The zero-order valence-electron chi connectivity index (χ0n) is 29.2. The number of nitrogens with two attached hydrogens (primary N) is 3. The minimum Gasteiger partial charge on any atom is -0.480 e. The number of benzene rings is 2. The van der Waals surface area contributed by atoms with E-state index in [4.69, 9.17) is 17.2 Å². The van der Waals surface area contributed by atoms with Crippen molar-refractivity contribution in [2.75, 3.05) is 19.6 Å². The molecule has 2 aliphatic rings. The highest BCUT2D eigenvalue weighted by Gasteiger charge is 2.43. The quantitative estimate of drug-likeness (QED) is 0.123. The van der Waals surface area contributed by atoms with Gasteiger partial charge in [-0.2, -0.15) is 0 Å². The Morgan fingerprint density at radius 3 is 1.90 bits per heavy atom. The number of unbranched alkanes of at least 4 members (excludes halogenated alkanes) is 1. The fourth-order valence-corrected chi connectivity index (χ4v) is 6.72. The summed E-state index contributed by atoms with van der Waals surface area (Å²) in [5.74, 6) is -2.97. The van der Waals surface area contributed by atoms with Crippen LogP contribution in [0, 0.1) is 5.92 Å². The average Bonchev–Trinajstić information content (AvgIpc) is 3.45. The molecule has 0 bridgehead atoms. The van der Waals surface area contributed by atoms with Crippen LogP contribution in [0.2, 0.25) is 0 Å². The number of aliphatic carboxylic acids is 1. The number of nitrogens with zero attached hydrogens (tertiary/aromatic N) is 1. The summed E-state index contributed by atoms with van der Waals surface area (Å²) in [7, 11) is 0. The van der Waals surface area contributed by atoms with Gasteiger partial charge in [0.15, 0.2) is 0 Å². The third-order valence-corrected chi connectivity index (χ3v) is 9.78. The fourth-order valence-electron chi connectivity index (χ4n) is 6.72. The standard InChI is InChI=1S/C37H53N7O6/c1-24(2)20-29(31(45)41-28(14-8-9-17-38)33(47)44-18-15-36(39,16-19-44)35(49)50)42-32(46)30(21-25-10-4-3-5-11-25)43-34(48)37(40)22-26-12-6-7-13-27(26)23-37/h3-7,10-13,24,28-30H,8-9,14-23,38-40H2,1-2H3,(H,41,45)(H,42,46)(H,43,48)(H,49,50)/t28-,29?,30-/m1/s1. The molecule has 13 nitrogen and oxygen atoms in total. The van der Waals surface area contributed by atoms with E-state index >= 15 is 0 Å². The van der Waals surface area contributed by atoms with Gasteiger partial charge in [-0.25, -0.2) is 0 Å². The summed E-state index contributed by atoms with van der Waals surface area (Å²) >= 11 is 0. The molecule has 0 saturated carbocycles. The summed E-state index contributed by atoms with van der Waals surface area (Å²) in [6, 6.07) is 14.0. The summed E-state index contributed by atoms with van der Waals surface area (Å²) in [5.41, 5.74) is 18.5. The third kappa shape index (κ3) is 9.89. The van der Waals surface area contributed by atoms with Crippen LogP contribution in [-0.4, -0.2) is 88.4 Å². The Balaban J connectivity index is 1.50. The first-order chi connectivity index (χ1) is 23.7. The number of piperidine rings is 1. The number of hydrogen-bond donors (Lipinski definition) is 7. The summed E-state index contributed by atoms with van der Waals surface area (Å²) in [6.45, 7) is 4.55. The van der Waals surface area contributed by atoms with Gasteiger partial charge in [0.2, 0.25) is 23.6 Å². The van der Waals surface area contributed by atoms with E-state index in [9.17, 15) is 29.1 Å². The number of hydrogen-bond acceptors (Lipinski definition) is 8. The molecule has 2 aromatic carbocycles. The monoisotopic (exact) mass is 691 g/mol. The molecule has 10 N–H and O–H groups in total. The molecule has 4 rings (SSSR count). The van der Waals surface area contributed by atoms with E-state index in [1.807, 2.05) is 68.4 Å². The Bertz CT molecular complexity index is 1480. The third-order valence-electron chi connectivity index (χ3n) is 9.78. The van der Waals surface area contributed by atoms with Crippen molar-refractivity contribution in [1.29, 1.82) is 0 Å². The molecule has 0 radical (unpaired) electrons. The van der Waals surface area contributed by atoms with Gasteiger partial charge in [-0.1, -0.05) is 68.4 Å². The highest BCUT2D eigenvalue weighted by Crippen LogP contribution is 2.29. The van der Waals surface area contributed by atoms with E-state index in [0.717, 1.165) is 16.7 Å². The first-order valence-electron chi connectivity index (χ1n) is 17.6. The van der Waals surface area contributed by atoms with Gasteiger partial charge in [0.1, 0.15) is 29.2 Å².